The lowest BCUT2D eigenvalue weighted by atomic mass is 10.1. The number of hydrogen-bond acceptors (Lipinski definition) is 6. The number of allylic oxidation sites excluding steroid dienone is 1. The number of alkyl carbamates (subject to hydrolysis) is 1. The molecule has 1 aliphatic carbocycles. The number of aromatic nitrogens is 3. The number of carbonyl (C=O) groups is 1. The van der Waals surface area contributed by atoms with Crippen LogP contribution >= 0.6 is 0 Å². The summed E-state index contributed by atoms with van der Waals surface area (Å²) >= 11 is 0. The molecule has 0 atom stereocenters. The fourth-order valence-electron chi connectivity index (χ4n) is 4.51. The van der Waals surface area contributed by atoms with Gasteiger partial charge in [0.15, 0.2) is 0 Å². The number of rotatable bonds is 7. The minimum absolute atomic E-state index is 0.0311. The lowest BCUT2D eigenvalue weighted by Gasteiger charge is -2.22. The largest absolute Gasteiger partial charge is 0.444 e. The molecule has 2 aromatic heterocycles. The van der Waals surface area contributed by atoms with Crippen molar-refractivity contribution in [2.24, 2.45) is 7.05 Å². The second kappa shape index (κ2) is 12.2. The zero-order chi connectivity index (χ0) is 30.8. The van der Waals surface area contributed by atoms with E-state index >= 15 is 0 Å². The van der Waals surface area contributed by atoms with E-state index in [1.54, 1.807) is 40.7 Å². The van der Waals surface area contributed by atoms with Gasteiger partial charge in [-0.2, -0.15) is 0 Å². The highest BCUT2D eigenvalue weighted by Gasteiger charge is 2.31. The maximum Gasteiger partial charge on any atom is 0.411 e. The maximum atomic E-state index is 14.8. The average Bonchev–Trinajstić information content (AvgIpc) is 3.71. The zero-order valence-corrected chi connectivity index (χ0v) is 25.1. The summed E-state index contributed by atoms with van der Waals surface area (Å²) in [4.78, 5) is 52.8. The molecule has 222 valence electrons. The number of ether oxygens (including phenoxy) is 1. The third kappa shape index (κ3) is 6.78. The molecule has 0 unspecified atom stereocenters. The van der Waals surface area contributed by atoms with Crippen molar-refractivity contribution in [3.63, 3.8) is 0 Å². The number of carbonyl (C=O) groups excluding carboxylic acids is 1. The van der Waals surface area contributed by atoms with E-state index in [2.05, 4.69) is 17.2 Å². The van der Waals surface area contributed by atoms with E-state index < -0.39 is 34.3 Å². The first kappa shape index (κ1) is 31.4. The Morgan fingerprint density at radius 3 is 2.32 bits per heavy atom. The van der Waals surface area contributed by atoms with Crippen LogP contribution in [-0.4, -0.2) is 25.4 Å². The van der Waals surface area contributed by atoms with Gasteiger partial charge >= 0.3 is 11.8 Å². The predicted octanol–water partition coefficient (Wildman–Crippen LogP) is 5.15. The van der Waals surface area contributed by atoms with Crippen molar-refractivity contribution in [3.8, 4) is 0 Å². The van der Waals surface area contributed by atoms with Crippen LogP contribution in [0.3, 0.4) is 0 Å². The Labute approximate surface area is 238 Å². The van der Waals surface area contributed by atoms with Crippen molar-refractivity contribution in [2.75, 3.05) is 5.32 Å². The Hall–Kier alpha value is -4.15. The minimum Gasteiger partial charge on any atom is -0.444 e. The molecule has 2 heterocycles. The van der Waals surface area contributed by atoms with Crippen LogP contribution in [0, 0.1) is 19.7 Å². The molecule has 4 rings (SSSR count). The Morgan fingerprint density at radius 2 is 1.76 bits per heavy atom. The molecule has 1 fully saturated rings. The molecule has 0 aliphatic heterocycles. The van der Waals surface area contributed by atoms with Gasteiger partial charge < -0.3 is 10.1 Å². The molecular formula is C30H40FN5O5. The quantitative estimate of drug-likeness (QED) is 0.407. The molecule has 1 aliphatic rings. The molecule has 1 aromatic carbocycles. The van der Waals surface area contributed by atoms with Gasteiger partial charge in [-0.3, -0.25) is 28.6 Å². The molecule has 0 saturated heterocycles. The van der Waals surface area contributed by atoms with E-state index in [1.807, 2.05) is 13.8 Å². The molecule has 11 heteroatoms. The van der Waals surface area contributed by atoms with Crippen molar-refractivity contribution in [1.29, 1.82) is 0 Å². The Morgan fingerprint density at radius 1 is 1.12 bits per heavy atom. The number of hydrogen-bond donors (Lipinski definition) is 2. The summed E-state index contributed by atoms with van der Waals surface area (Å²) in [5.41, 5.74) is -0.784. The molecule has 0 radical (unpaired) electrons. The van der Waals surface area contributed by atoms with Crippen LogP contribution in [0.25, 0.3) is 10.9 Å². The van der Waals surface area contributed by atoms with Crippen LogP contribution in [0.1, 0.15) is 71.0 Å². The van der Waals surface area contributed by atoms with Crippen molar-refractivity contribution < 1.29 is 13.9 Å². The van der Waals surface area contributed by atoms with Crippen LogP contribution in [0.5, 0.6) is 0 Å². The third-order valence-electron chi connectivity index (χ3n) is 6.53. The van der Waals surface area contributed by atoms with E-state index in [9.17, 15) is 23.6 Å². The van der Waals surface area contributed by atoms with Crippen LogP contribution in [-0.2, 0) is 18.3 Å². The van der Waals surface area contributed by atoms with Crippen molar-refractivity contribution in [1.82, 2.24) is 19.0 Å². The average molecular weight is 570 g/mol. The van der Waals surface area contributed by atoms with E-state index in [0.717, 1.165) is 0 Å². The molecule has 1 amide bonds. The standard InChI is InChI=1S/C28H34FN5O5.C2H6/c1-15-8-11-20(19(29)14-15)31-23-21-22(17(3)24(35)32(23)7)33(27(38)34(25(21)36)18-9-10-18)13-12-16(2)30-26(37)39-28(4,5)6;1-2/h8,11,14,18,31H,2,9-10,12-13H2,1,3-7H3,(H,30,37);1-2H3. The van der Waals surface area contributed by atoms with Gasteiger partial charge in [0, 0.05) is 37.3 Å². The number of amides is 1. The van der Waals surface area contributed by atoms with Gasteiger partial charge in [-0.15, -0.1) is 0 Å². The fraction of sp³-hybridized carbons (Fsp3) is 0.467. The van der Waals surface area contributed by atoms with Crippen LogP contribution < -0.4 is 27.4 Å². The number of aryl methyl sites for hydroxylation is 3. The second-order valence-electron chi connectivity index (χ2n) is 11.0. The van der Waals surface area contributed by atoms with E-state index in [0.29, 0.717) is 24.1 Å². The summed E-state index contributed by atoms with van der Waals surface area (Å²) in [7, 11) is 1.49. The highest BCUT2D eigenvalue weighted by Crippen LogP contribution is 2.33. The molecule has 2 N–H and O–H groups in total. The third-order valence-corrected chi connectivity index (χ3v) is 6.53. The summed E-state index contributed by atoms with van der Waals surface area (Å²) in [5.74, 6) is -0.460. The van der Waals surface area contributed by atoms with Crippen molar-refractivity contribution >= 4 is 28.5 Å². The van der Waals surface area contributed by atoms with Gasteiger partial charge in [-0.1, -0.05) is 26.5 Å². The minimum atomic E-state index is -0.700. The number of nitrogens with zero attached hydrogens (tertiary/aromatic N) is 3. The smallest absolute Gasteiger partial charge is 0.411 e. The first-order valence-corrected chi connectivity index (χ1v) is 13.8. The monoisotopic (exact) mass is 569 g/mol. The fourth-order valence-corrected chi connectivity index (χ4v) is 4.51. The van der Waals surface area contributed by atoms with Gasteiger partial charge in [0.25, 0.3) is 11.1 Å². The van der Waals surface area contributed by atoms with Gasteiger partial charge in [0.1, 0.15) is 22.6 Å². The molecule has 41 heavy (non-hydrogen) atoms. The molecule has 1 saturated carbocycles. The molecule has 0 spiro atoms. The zero-order valence-electron chi connectivity index (χ0n) is 25.1. The SMILES string of the molecule is C=C(CCn1c(=O)n(C2CC2)c(=O)c2c(Nc3ccc(C)cc3F)n(C)c(=O)c(C)c21)NC(=O)OC(C)(C)C.CC. The summed E-state index contributed by atoms with van der Waals surface area (Å²) in [6, 6.07) is 4.33. The maximum absolute atomic E-state index is 14.8. The van der Waals surface area contributed by atoms with Crippen LogP contribution in [0.4, 0.5) is 20.7 Å². The lowest BCUT2D eigenvalue weighted by molar-refractivity contribution is 0.0544. The highest BCUT2D eigenvalue weighted by molar-refractivity contribution is 5.92. The van der Waals surface area contributed by atoms with Gasteiger partial charge in [0.2, 0.25) is 0 Å². The van der Waals surface area contributed by atoms with Crippen LogP contribution in [0.2, 0.25) is 0 Å². The molecule has 10 nitrogen and oxygen atoms in total. The number of nitrogens with one attached hydrogen (secondary N) is 2. The Balaban J connectivity index is 0.00000226. The van der Waals surface area contributed by atoms with Crippen LogP contribution in [0.15, 0.2) is 44.9 Å². The molecule has 3 aromatic rings. The van der Waals surface area contributed by atoms with E-state index in [4.69, 9.17) is 4.74 Å². The number of fused-ring (bicyclic) bond motifs is 1. The first-order chi connectivity index (χ1) is 19.2. The lowest BCUT2D eigenvalue weighted by Crippen LogP contribution is -2.42. The summed E-state index contributed by atoms with van der Waals surface area (Å²) in [6.45, 7) is 16.4. The van der Waals surface area contributed by atoms with Crippen molar-refractivity contribution in [3.05, 3.63) is 78.6 Å². The van der Waals surface area contributed by atoms with E-state index in [-0.39, 0.29) is 47.0 Å². The number of pyridine rings is 1. The number of benzene rings is 1. The first-order valence-electron chi connectivity index (χ1n) is 13.8. The summed E-state index contributed by atoms with van der Waals surface area (Å²) in [6.07, 6.45) is 0.812. The number of halogens is 1. The molecule has 0 bridgehead atoms. The van der Waals surface area contributed by atoms with Crippen molar-refractivity contribution in [2.45, 2.75) is 85.9 Å². The summed E-state index contributed by atoms with van der Waals surface area (Å²) in [5, 5.41) is 5.60. The predicted molar refractivity (Wildman–Crippen MR) is 160 cm³/mol. The normalized spacial score (nSPS) is 12.9. The Kier molecular flexibility index (Phi) is 9.30. The number of anilines is 2. The van der Waals surface area contributed by atoms with Gasteiger partial charge in [-0.25, -0.2) is 14.0 Å². The highest BCUT2D eigenvalue weighted by atomic mass is 19.1. The molecular weight excluding hydrogens is 529 g/mol. The topological polar surface area (TPSA) is 116 Å². The Bertz CT molecular complexity index is 1670. The summed E-state index contributed by atoms with van der Waals surface area (Å²) < 4.78 is 23.9. The van der Waals surface area contributed by atoms with Gasteiger partial charge in [-0.05, 0) is 65.2 Å². The van der Waals surface area contributed by atoms with Gasteiger partial charge in [0.05, 0.1) is 11.2 Å². The second-order valence-corrected chi connectivity index (χ2v) is 11.0. The van der Waals surface area contributed by atoms with E-state index in [1.165, 1.54) is 32.9 Å².